The number of nitro groups is 1. The Morgan fingerprint density at radius 3 is 2.45 bits per heavy atom. The average molecular weight is 538 g/mol. The van der Waals surface area contributed by atoms with Crippen molar-refractivity contribution in [2.24, 2.45) is 0 Å². The number of methoxy groups -OCH3 is 1. The van der Waals surface area contributed by atoms with Crippen LogP contribution in [0.3, 0.4) is 0 Å². The predicted molar refractivity (Wildman–Crippen MR) is 138 cm³/mol. The number of thiazole rings is 1. The highest BCUT2D eigenvalue weighted by molar-refractivity contribution is 7.17. The highest BCUT2D eigenvalue weighted by atomic mass is 32.1. The standard InChI is InChI=1S/C26H23N3O8S/c1-5-37-25(33)23-14(3)27-26(38-23)28-20(15-6-9-17(10-7-15)29(34)35)19(22(31)24(28)32)21(30)16-8-11-18(36-4)13(2)12-16/h6-12,20,30H,5H2,1-4H3/b21-19+/t20-/m1/s1. The van der Waals surface area contributed by atoms with Crippen LogP contribution in [0.15, 0.2) is 48.0 Å². The summed E-state index contributed by atoms with van der Waals surface area (Å²) in [5.41, 5.74) is 1.18. The number of benzene rings is 2. The number of aliphatic hydroxyl groups is 1. The average Bonchev–Trinajstić information content (AvgIpc) is 3.40. The van der Waals surface area contributed by atoms with Crippen molar-refractivity contribution in [3.63, 3.8) is 0 Å². The molecule has 0 aliphatic carbocycles. The number of non-ortho nitro benzene ring substituents is 1. The smallest absolute Gasteiger partial charge is 0.350 e. The van der Waals surface area contributed by atoms with E-state index in [1.807, 2.05) is 0 Å². The number of Topliss-reactive ketones (excluding diaryl/α,β-unsaturated/α-hetero) is 1. The number of carbonyl (C=O) groups is 3. The summed E-state index contributed by atoms with van der Waals surface area (Å²) in [6.45, 7) is 5.13. The van der Waals surface area contributed by atoms with Crippen molar-refractivity contribution in [2.45, 2.75) is 26.8 Å². The van der Waals surface area contributed by atoms with Crippen LogP contribution < -0.4 is 9.64 Å². The molecule has 1 aromatic heterocycles. The van der Waals surface area contributed by atoms with E-state index in [0.29, 0.717) is 22.6 Å². The van der Waals surface area contributed by atoms with E-state index in [1.54, 1.807) is 39.0 Å². The SMILES string of the molecule is CCOC(=O)c1sc(N2C(=O)C(=O)/C(=C(/O)c3ccc(OC)c(C)c3)[C@H]2c2ccc([N+](=O)[O-])cc2)nc1C. The van der Waals surface area contributed by atoms with E-state index < -0.39 is 34.4 Å². The molecule has 11 nitrogen and oxygen atoms in total. The Hall–Kier alpha value is -4.58. The van der Waals surface area contributed by atoms with E-state index in [1.165, 1.54) is 31.4 Å². The molecule has 0 saturated carbocycles. The highest BCUT2D eigenvalue weighted by Crippen LogP contribution is 2.44. The molecule has 1 fully saturated rings. The molecule has 0 spiro atoms. The first kappa shape index (κ1) is 26.5. The molecule has 4 rings (SSSR count). The fourth-order valence-electron chi connectivity index (χ4n) is 4.18. The quantitative estimate of drug-likeness (QED) is 0.115. The van der Waals surface area contributed by atoms with Crippen molar-refractivity contribution < 1.29 is 33.9 Å². The number of hydrogen-bond acceptors (Lipinski definition) is 10. The van der Waals surface area contributed by atoms with Crippen LogP contribution in [0.5, 0.6) is 5.75 Å². The van der Waals surface area contributed by atoms with Crippen molar-refractivity contribution >= 4 is 45.6 Å². The first-order valence-electron chi connectivity index (χ1n) is 11.4. The fraction of sp³-hybridized carbons (Fsp3) is 0.231. The second-order valence-electron chi connectivity index (χ2n) is 8.33. The van der Waals surface area contributed by atoms with E-state index >= 15 is 0 Å². The summed E-state index contributed by atoms with van der Waals surface area (Å²) in [6.07, 6.45) is 0. The van der Waals surface area contributed by atoms with Crippen LogP contribution in [0.1, 0.15) is 45.0 Å². The first-order valence-corrected chi connectivity index (χ1v) is 12.3. The Balaban J connectivity index is 1.92. The van der Waals surface area contributed by atoms with E-state index in [-0.39, 0.29) is 33.4 Å². The molecular weight excluding hydrogens is 514 g/mol. The zero-order valence-electron chi connectivity index (χ0n) is 20.9. The molecule has 38 heavy (non-hydrogen) atoms. The van der Waals surface area contributed by atoms with Gasteiger partial charge in [0.15, 0.2) is 5.13 Å². The second kappa shape index (κ2) is 10.4. The van der Waals surface area contributed by atoms with Crippen molar-refractivity contribution in [2.75, 3.05) is 18.6 Å². The molecule has 2 aromatic carbocycles. The summed E-state index contributed by atoms with van der Waals surface area (Å²) in [4.78, 5) is 55.3. The largest absolute Gasteiger partial charge is 0.507 e. The summed E-state index contributed by atoms with van der Waals surface area (Å²) in [5.74, 6) is -2.42. The maximum atomic E-state index is 13.3. The van der Waals surface area contributed by atoms with Gasteiger partial charge in [-0.2, -0.15) is 0 Å². The summed E-state index contributed by atoms with van der Waals surface area (Å²) in [6, 6.07) is 8.90. The molecule has 1 aliphatic rings. The second-order valence-corrected chi connectivity index (χ2v) is 9.31. The number of rotatable bonds is 7. The molecular formula is C26H23N3O8S. The van der Waals surface area contributed by atoms with Gasteiger partial charge >= 0.3 is 11.9 Å². The number of aryl methyl sites for hydroxylation is 2. The zero-order chi connectivity index (χ0) is 27.7. The Labute approximate surface area is 221 Å². The minimum atomic E-state index is -1.17. The van der Waals surface area contributed by atoms with Crippen LogP contribution in [0.4, 0.5) is 10.8 Å². The van der Waals surface area contributed by atoms with Gasteiger partial charge in [0.1, 0.15) is 16.4 Å². The molecule has 196 valence electrons. The lowest BCUT2D eigenvalue weighted by molar-refractivity contribution is -0.384. The maximum absolute atomic E-state index is 13.3. The molecule has 1 N–H and O–H groups in total. The summed E-state index contributed by atoms with van der Waals surface area (Å²) in [7, 11) is 1.50. The van der Waals surface area contributed by atoms with Crippen LogP contribution in [-0.2, 0) is 14.3 Å². The van der Waals surface area contributed by atoms with Gasteiger partial charge in [0.05, 0.1) is 35.9 Å². The van der Waals surface area contributed by atoms with E-state index in [2.05, 4.69) is 4.98 Å². The Bertz CT molecular complexity index is 1490. The van der Waals surface area contributed by atoms with Crippen molar-refractivity contribution in [1.82, 2.24) is 4.98 Å². The molecule has 1 amide bonds. The number of amides is 1. The lowest BCUT2D eigenvalue weighted by Crippen LogP contribution is -2.29. The van der Waals surface area contributed by atoms with Crippen LogP contribution in [0.25, 0.3) is 5.76 Å². The fourth-order valence-corrected chi connectivity index (χ4v) is 5.16. The van der Waals surface area contributed by atoms with Crippen LogP contribution >= 0.6 is 11.3 Å². The van der Waals surface area contributed by atoms with Gasteiger partial charge in [-0.1, -0.05) is 11.3 Å². The highest BCUT2D eigenvalue weighted by Gasteiger charge is 2.48. The maximum Gasteiger partial charge on any atom is 0.350 e. The van der Waals surface area contributed by atoms with Gasteiger partial charge in [0.25, 0.3) is 11.5 Å². The number of esters is 1. The monoisotopic (exact) mass is 537 g/mol. The molecule has 1 saturated heterocycles. The Morgan fingerprint density at radius 2 is 1.87 bits per heavy atom. The number of aliphatic hydroxyl groups excluding tert-OH is 1. The van der Waals surface area contributed by atoms with E-state index in [0.717, 1.165) is 16.2 Å². The summed E-state index contributed by atoms with van der Waals surface area (Å²) in [5, 5.41) is 22.5. The number of nitro benzene ring substituents is 1. The third-order valence-corrected chi connectivity index (χ3v) is 7.12. The topological polar surface area (TPSA) is 149 Å². The first-order chi connectivity index (χ1) is 18.1. The lowest BCUT2D eigenvalue weighted by atomic mass is 9.94. The van der Waals surface area contributed by atoms with Gasteiger partial charge < -0.3 is 14.6 Å². The number of aromatic nitrogens is 1. The molecule has 1 atom stereocenters. The summed E-state index contributed by atoms with van der Waals surface area (Å²) < 4.78 is 10.3. The minimum Gasteiger partial charge on any atom is -0.507 e. The third-order valence-electron chi connectivity index (χ3n) is 5.98. The lowest BCUT2D eigenvalue weighted by Gasteiger charge is -2.23. The molecule has 0 bridgehead atoms. The zero-order valence-corrected chi connectivity index (χ0v) is 21.7. The number of nitrogens with zero attached hydrogens (tertiary/aromatic N) is 3. The number of ketones is 1. The van der Waals surface area contributed by atoms with Crippen LogP contribution in [0.2, 0.25) is 0 Å². The molecule has 3 aromatic rings. The summed E-state index contributed by atoms with van der Waals surface area (Å²) >= 11 is 0.872. The van der Waals surface area contributed by atoms with Crippen molar-refractivity contribution in [1.29, 1.82) is 0 Å². The van der Waals surface area contributed by atoms with Gasteiger partial charge in [-0.3, -0.25) is 24.6 Å². The normalized spacial score (nSPS) is 16.5. The van der Waals surface area contributed by atoms with Crippen LogP contribution in [-0.4, -0.2) is 46.4 Å². The predicted octanol–water partition coefficient (Wildman–Crippen LogP) is 4.48. The molecule has 2 heterocycles. The molecule has 0 radical (unpaired) electrons. The Morgan fingerprint density at radius 1 is 1.18 bits per heavy atom. The van der Waals surface area contributed by atoms with Gasteiger partial charge in [-0.25, -0.2) is 9.78 Å². The van der Waals surface area contributed by atoms with Gasteiger partial charge in [-0.15, -0.1) is 0 Å². The number of anilines is 1. The van der Waals surface area contributed by atoms with Crippen LogP contribution in [0, 0.1) is 24.0 Å². The number of carbonyl (C=O) groups excluding carboxylic acids is 3. The molecule has 0 unspecified atom stereocenters. The van der Waals surface area contributed by atoms with Gasteiger partial charge in [-0.05, 0) is 62.2 Å². The van der Waals surface area contributed by atoms with Gasteiger partial charge in [0, 0.05) is 17.7 Å². The number of hydrogen-bond donors (Lipinski definition) is 1. The molecule has 12 heteroatoms. The van der Waals surface area contributed by atoms with Crippen molar-refractivity contribution in [3.05, 3.63) is 85.4 Å². The minimum absolute atomic E-state index is 0.0426. The number of ether oxygens (including phenoxy) is 2. The van der Waals surface area contributed by atoms with E-state index in [4.69, 9.17) is 9.47 Å². The third kappa shape index (κ3) is 4.61. The van der Waals surface area contributed by atoms with Gasteiger partial charge in [0.2, 0.25) is 0 Å². The molecule has 1 aliphatic heterocycles. The van der Waals surface area contributed by atoms with Crippen molar-refractivity contribution in [3.8, 4) is 5.75 Å². The Kier molecular flexibility index (Phi) is 7.26. The van der Waals surface area contributed by atoms with E-state index in [9.17, 15) is 29.6 Å².